The predicted octanol–water partition coefficient (Wildman–Crippen LogP) is 2.06. The molecule has 7 nitrogen and oxygen atoms in total. The highest BCUT2D eigenvalue weighted by Gasteiger charge is 2.15. The predicted molar refractivity (Wildman–Crippen MR) is 66.1 cm³/mol. The van der Waals surface area contributed by atoms with Crippen LogP contribution in [0.25, 0.3) is 10.4 Å². The van der Waals surface area contributed by atoms with Crippen molar-refractivity contribution in [2.75, 3.05) is 33.0 Å². The highest BCUT2D eigenvalue weighted by molar-refractivity contribution is 5.69. The number of esters is 1. The Bertz CT molecular complexity index is 283. The lowest BCUT2D eigenvalue weighted by atomic mass is 10.2. The maximum Gasteiger partial charge on any atom is 0.308 e. The molecule has 0 aromatic carbocycles. The van der Waals surface area contributed by atoms with E-state index < -0.39 is 5.60 Å². The summed E-state index contributed by atoms with van der Waals surface area (Å²) in [7, 11) is 0. The van der Waals surface area contributed by atoms with Crippen LogP contribution in [-0.4, -0.2) is 44.5 Å². The number of nitrogens with zero attached hydrogens (tertiary/aromatic N) is 3. The van der Waals surface area contributed by atoms with Crippen LogP contribution in [0.5, 0.6) is 0 Å². The second kappa shape index (κ2) is 9.70. The molecule has 18 heavy (non-hydrogen) atoms. The maximum absolute atomic E-state index is 11.3. The Balaban J connectivity index is 3.30. The number of azide groups is 1. The maximum atomic E-state index is 11.3. The van der Waals surface area contributed by atoms with Crippen molar-refractivity contribution in [1.82, 2.24) is 0 Å². The van der Waals surface area contributed by atoms with Gasteiger partial charge in [0.15, 0.2) is 0 Å². The quantitative estimate of drug-likeness (QED) is 0.208. The molecule has 0 aromatic heterocycles. The van der Waals surface area contributed by atoms with Crippen molar-refractivity contribution in [1.29, 1.82) is 0 Å². The molecular formula is C11H21N3O4. The monoisotopic (exact) mass is 259 g/mol. The Hall–Kier alpha value is -1.30. The van der Waals surface area contributed by atoms with Gasteiger partial charge in [-0.25, -0.2) is 0 Å². The second-order valence-electron chi connectivity index (χ2n) is 4.52. The minimum atomic E-state index is -0.457. The number of hydrogen-bond acceptors (Lipinski definition) is 5. The number of carbonyl (C=O) groups is 1. The van der Waals surface area contributed by atoms with E-state index in [2.05, 4.69) is 10.0 Å². The SMILES string of the molecule is CC(C)(C)OC(=O)CCOCCOCCN=[N+]=[N-]. The lowest BCUT2D eigenvalue weighted by Crippen LogP contribution is -2.24. The lowest BCUT2D eigenvalue weighted by Gasteiger charge is -2.19. The molecule has 0 aliphatic heterocycles. The Morgan fingerprint density at radius 1 is 1.17 bits per heavy atom. The van der Waals surface area contributed by atoms with Gasteiger partial charge in [0.1, 0.15) is 5.60 Å². The zero-order valence-corrected chi connectivity index (χ0v) is 11.2. The topological polar surface area (TPSA) is 93.5 Å². The van der Waals surface area contributed by atoms with Gasteiger partial charge >= 0.3 is 5.97 Å². The van der Waals surface area contributed by atoms with Crippen molar-refractivity contribution in [2.45, 2.75) is 32.8 Å². The van der Waals surface area contributed by atoms with Gasteiger partial charge in [0.05, 0.1) is 32.8 Å². The molecule has 104 valence electrons. The molecule has 0 bridgehead atoms. The van der Waals surface area contributed by atoms with Gasteiger partial charge < -0.3 is 14.2 Å². The number of rotatable bonds is 9. The summed E-state index contributed by atoms with van der Waals surface area (Å²) in [5.41, 5.74) is 7.55. The first-order chi connectivity index (χ1) is 8.45. The van der Waals surface area contributed by atoms with Gasteiger partial charge in [-0.1, -0.05) is 5.11 Å². The summed E-state index contributed by atoms with van der Waals surface area (Å²) < 4.78 is 15.4. The summed E-state index contributed by atoms with van der Waals surface area (Å²) in [6.07, 6.45) is 0.232. The average molecular weight is 259 g/mol. The van der Waals surface area contributed by atoms with E-state index in [0.717, 1.165) is 0 Å². The Kier molecular flexibility index (Phi) is 9.00. The summed E-state index contributed by atoms with van der Waals surface area (Å²) >= 11 is 0. The van der Waals surface area contributed by atoms with Crippen LogP contribution in [0.4, 0.5) is 0 Å². The first-order valence-corrected chi connectivity index (χ1v) is 5.84. The highest BCUT2D eigenvalue weighted by atomic mass is 16.6. The van der Waals surface area contributed by atoms with E-state index in [1.807, 2.05) is 20.8 Å². The normalized spacial score (nSPS) is 10.8. The molecular weight excluding hydrogens is 238 g/mol. The zero-order chi connectivity index (χ0) is 13.9. The molecule has 0 aliphatic carbocycles. The molecule has 0 amide bonds. The van der Waals surface area contributed by atoms with Crippen molar-refractivity contribution in [3.63, 3.8) is 0 Å². The molecule has 7 heteroatoms. The fourth-order valence-electron chi connectivity index (χ4n) is 1.02. The summed E-state index contributed by atoms with van der Waals surface area (Å²) in [5, 5.41) is 3.32. The summed E-state index contributed by atoms with van der Waals surface area (Å²) in [5.74, 6) is -0.272. The van der Waals surface area contributed by atoms with Gasteiger partial charge in [0.25, 0.3) is 0 Å². The first-order valence-electron chi connectivity index (χ1n) is 5.84. The zero-order valence-electron chi connectivity index (χ0n) is 11.2. The summed E-state index contributed by atoms with van der Waals surface area (Å²) in [4.78, 5) is 13.9. The molecule has 0 fully saturated rings. The molecule has 0 radical (unpaired) electrons. The molecule has 0 N–H and O–H groups in total. The molecule has 0 saturated carbocycles. The van der Waals surface area contributed by atoms with Crippen LogP contribution in [-0.2, 0) is 19.0 Å². The minimum absolute atomic E-state index is 0.232. The number of carbonyl (C=O) groups excluding carboxylic acids is 1. The molecule has 0 spiro atoms. The van der Waals surface area contributed by atoms with E-state index in [0.29, 0.717) is 33.0 Å². The van der Waals surface area contributed by atoms with Gasteiger partial charge in [-0.3, -0.25) is 4.79 Å². The molecule has 0 unspecified atom stereocenters. The van der Waals surface area contributed by atoms with Gasteiger partial charge in [0.2, 0.25) is 0 Å². The number of hydrogen-bond donors (Lipinski definition) is 0. The second-order valence-corrected chi connectivity index (χ2v) is 4.52. The van der Waals surface area contributed by atoms with E-state index in [-0.39, 0.29) is 12.4 Å². The van der Waals surface area contributed by atoms with Crippen LogP contribution in [0, 0.1) is 0 Å². The van der Waals surface area contributed by atoms with Crippen LogP contribution in [0.1, 0.15) is 27.2 Å². The smallest absolute Gasteiger partial charge is 0.308 e. The molecule has 0 atom stereocenters. The van der Waals surface area contributed by atoms with Crippen LogP contribution in [0.2, 0.25) is 0 Å². The van der Waals surface area contributed by atoms with E-state index in [4.69, 9.17) is 19.7 Å². The first kappa shape index (κ1) is 16.7. The van der Waals surface area contributed by atoms with Gasteiger partial charge in [0, 0.05) is 11.5 Å². The highest BCUT2D eigenvalue weighted by Crippen LogP contribution is 2.07. The summed E-state index contributed by atoms with van der Waals surface area (Å²) in [6.45, 7) is 7.28. The van der Waals surface area contributed by atoms with Crippen molar-refractivity contribution in [3.05, 3.63) is 10.4 Å². The van der Waals surface area contributed by atoms with Gasteiger partial charge in [-0.05, 0) is 26.3 Å². The van der Waals surface area contributed by atoms with E-state index in [1.54, 1.807) is 0 Å². The third kappa shape index (κ3) is 12.8. The fourth-order valence-corrected chi connectivity index (χ4v) is 1.02. The van der Waals surface area contributed by atoms with Crippen molar-refractivity contribution >= 4 is 5.97 Å². The fraction of sp³-hybridized carbons (Fsp3) is 0.909. The lowest BCUT2D eigenvalue weighted by molar-refractivity contribution is -0.156. The van der Waals surface area contributed by atoms with E-state index in [1.165, 1.54) is 0 Å². The average Bonchev–Trinajstić information content (AvgIpc) is 2.24. The van der Waals surface area contributed by atoms with Crippen molar-refractivity contribution < 1.29 is 19.0 Å². The Labute approximate surface area is 107 Å². The van der Waals surface area contributed by atoms with Crippen LogP contribution in [0.15, 0.2) is 5.11 Å². The largest absolute Gasteiger partial charge is 0.460 e. The van der Waals surface area contributed by atoms with Gasteiger partial charge in [-0.2, -0.15) is 0 Å². The van der Waals surface area contributed by atoms with E-state index >= 15 is 0 Å². The standard InChI is InChI=1S/C11H21N3O4/c1-11(2,3)18-10(15)4-6-16-8-9-17-7-5-13-14-12/h4-9H2,1-3H3. The molecule has 0 saturated heterocycles. The molecule has 0 rings (SSSR count). The number of ether oxygens (including phenoxy) is 3. The van der Waals surface area contributed by atoms with Crippen LogP contribution < -0.4 is 0 Å². The van der Waals surface area contributed by atoms with Gasteiger partial charge in [-0.15, -0.1) is 0 Å². The molecule has 0 aromatic rings. The Morgan fingerprint density at radius 2 is 1.78 bits per heavy atom. The van der Waals surface area contributed by atoms with Crippen molar-refractivity contribution in [2.24, 2.45) is 5.11 Å². The third-order valence-electron chi connectivity index (χ3n) is 1.64. The van der Waals surface area contributed by atoms with Crippen LogP contribution in [0.3, 0.4) is 0 Å². The minimum Gasteiger partial charge on any atom is -0.460 e. The third-order valence-corrected chi connectivity index (χ3v) is 1.64. The molecule has 0 aliphatic rings. The van der Waals surface area contributed by atoms with Crippen LogP contribution >= 0.6 is 0 Å². The van der Waals surface area contributed by atoms with E-state index in [9.17, 15) is 4.79 Å². The van der Waals surface area contributed by atoms with Crippen molar-refractivity contribution in [3.8, 4) is 0 Å². The molecule has 0 heterocycles. The Morgan fingerprint density at radius 3 is 2.33 bits per heavy atom. The summed E-state index contributed by atoms with van der Waals surface area (Å²) in [6, 6.07) is 0.